The SMILES string of the molecule is CC(C)(CCOCC(NC(=O)OCc1ccccc1)C(=O)O)OCc1ccccc1. The fraction of sp³-hybridized carbons (Fsp3) is 0.391. The lowest BCUT2D eigenvalue weighted by molar-refractivity contribution is -0.141. The summed E-state index contributed by atoms with van der Waals surface area (Å²) in [5, 5.41) is 11.6. The molecule has 162 valence electrons. The Morgan fingerprint density at radius 3 is 2.10 bits per heavy atom. The molecular formula is C23H29NO6. The lowest BCUT2D eigenvalue weighted by Crippen LogP contribution is -2.44. The second-order valence-electron chi connectivity index (χ2n) is 7.46. The Labute approximate surface area is 177 Å². The highest BCUT2D eigenvalue weighted by Crippen LogP contribution is 2.17. The second-order valence-corrected chi connectivity index (χ2v) is 7.46. The summed E-state index contributed by atoms with van der Waals surface area (Å²) in [5.74, 6) is -1.19. The summed E-state index contributed by atoms with van der Waals surface area (Å²) in [6, 6.07) is 17.8. The normalized spacial score (nSPS) is 12.2. The van der Waals surface area contributed by atoms with Crippen LogP contribution < -0.4 is 5.32 Å². The molecule has 0 fully saturated rings. The smallest absolute Gasteiger partial charge is 0.408 e. The van der Waals surface area contributed by atoms with Crippen molar-refractivity contribution in [2.45, 2.75) is 45.1 Å². The maximum atomic E-state index is 11.9. The molecule has 2 aromatic rings. The van der Waals surface area contributed by atoms with Gasteiger partial charge >= 0.3 is 12.1 Å². The maximum Gasteiger partial charge on any atom is 0.408 e. The van der Waals surface area contributed by atoms with Crippen molar-refractivity contribution >= 4 is 12.1 Å². The molecule has 0 heterocycles. The Morgan fingerprint density at radius 2 is 1.53 bits per heavy atom. The number of nitrogens with one attached hydrogen (secondary N) is 1. The van der Waals surface area contributed by atoms with E-state index in [1.165, 1.54) is 0 Å². The molecule has 1 unspecified atom stereocenters. The van der Waals surface area contributed by atoms with Crippen molar-refractivity contribution in [3.8, 4) is 0 Å². The van der Waals surface area contributed by atoms with Crippen LogP contribution in [0.5, 0.6) is 0 Å². The zero-order valence-corrected chi connectivity index (χ0v) is 17.4. The molecule has 0 saturated carbocycles. The molecule has 0 aliphatic heterocycles. The molecule has 0 saturated heterocycles. The van der Waals surface area contributed by atoms with Crippen LogP contribution in [0.15, 0.2) is 60.7 Å². The van der Waals surface area contributed by atoms with E-state index in [9.17, 15) is 14.7 Å². The molecule has 1 atom stereocenters. The van der Waals surface area contributed by atoms with Crippen molar-refractivity contribution < 1.29 is 28.9 Å². The summed E-state index contributed by atoms with van der Waals surface area (Å²) in [6.45, 7) is 4.59. The van der Waals surface area contributed by atoms with Gasteiger partial charge in [0.1, 0.15) is 6.61 Å². The van der Waals surface area contributed by atoms with Crippen molar-refractivity contribution in [3.05, 3.63) is 71.8 Å². The Balaban J connectivity index is 1.68. The molecule has 0 aliphatic carbocycles. The number of benzene rings is 2. The summed E-state index contributed by atoms with van der Waals surface area (Å²) < 4.78 is 16.5. The van der Waals surface area contributed by atoms with Crippen LogP contribution in [-0.2, 0) is 32.2 Å². The minimum atomic E-state index is -1.19. The molecule has 2 rings (SSSR count). The fourth-order valence-corrected chi connectivity index (χ4v) is 2.53. The zero-order valence-electron chi connectivity index (χ0n) is 17.4. The maximum absolute atomic E-state index is 11.9. The van der Waals surface area contributed by atoms with Crippen LogP contribution in [0.4, 0.5) is 4.79 Å². The molecule has 7 heteroatoms. The third kappa shape index (κ3) is 9.07. The van der Waals surface area contributed by atoms with Crippen LogP contribution in [0.3, 0.4) is 0 Å². The van der Waals surface area contributed by atoms with Gasteiger partial charge in [0.25, 0.3) is 0 Å². The Hall–Kier alpha value is -2.90. The zero-order chi connectivity index (χ0) is 21.8. The minimum Gasteiger partial charge on any atom is -0.480 e. The first-order valence-corrected chi connectivity index (χ1v) is 9.81. The van der Waals surface area contributed by atoms with E-state index in [0.717, 1.165) is 11.1 Å². The number of hydrogen-bond acceptors (Lipinski definition) is 5. The average Bonchev–Trinajstić information content (AvgIpc) is 2.74. The van der Waals surface area contributed by atoms with Crippen molar-refractivity contribution in [2.24, 2.45) is 0 Å². The molecule has 7 nitrogen and oxygen atoms in total. The number of aliphatic carboxylic acids is 1. The number of hydrogen-bond donors (Lipinski definition) is 2. The summed E-state index contributed by atoms with van der Waals surface area (Å²) in [7, 11) is 0. The summed E-state index contributed by atoms with van der Waals surface area (Å²) in [5.41, 5.74) is 1.46. The van der Waals surface area contributed by atoms with Gasteiger partial charge in [0.15, 0.2) is 6.04 Å². The molecule has 0 bridgehead atoms. The quantitative estimate of drug-likeness (QED) is 0.513. The largest absolute Gasteiger partial charge is 0.480 e. The number of carbonyl (C=O) groups excluding carboxylic acids is 1. The van der Waals surface area contributed by atoms with Crippen LogP contribution in [-0.4, -0.2) is 42.0 Å². The number of ether oxygens (including phenoxy) is 3. The van der Waals surface area contributed by atoms with Crippen LogP contribution in [0.2, 0.25) is 0 Å². The van der Waals surface area contributed by atoms with Crippen LogP contribution in [0.25, 0.3) is 0 Å². The first kappa shape index (κ1) is 23.4. The lowest BCUT2D eigenvalue weighted by Gasteiger charge is -2.25. The van der Waals surface area contributed by atoms with Gasteiger partial charge in [-0.25, -0.2) is 9.59 Å². The van der Waals surface area contributed by atoms with Gasteiger partial charge in [-0.15, -0.1) is 0 Å². The highest BCUT2D eigenvalue weighted by atomic mass is 16.5. The van der Waals surface area contributed by atoms with E-state index in [-0.39, 0.29) is 13.2 Å². The van der Waals surface area contributed by atoms with Crippen molar-refractivity contribution in [1.29, 1.82) is 0 Å². The molecule has 0 spiro atoms. The number of carboxylic acids is 1. The van der Waals surface area contributed by atoms with E-state index in [2.05, 4.69) is 5.32 Å². The van der Waals surface area contributed by atoms with Crippen molar-refractivity contribution in [1.82, 2.24) is 5.32 Å². The van der Waals surface area contributed by atoms with Gasteiger partial charge in [-0.3, -0.25) is 0 Å². The van der Waals surface area contributed by atoms with Crippen LogP contribution >= 0.6 is 0 Å². The molecule has 0 aromatic heterocycles. The number of carbonyl (C=O) groups is 2. The predicted molar refractivity (Wildman–Crippen MR) is 112 cm³/mol. The van der Waals surface area contributed by atoms with Gasteiger partial charge < -0.3 is 24.6 Å². The second kappa shape index (κ2) is 11.9. The van der Waals surface area contributed by atoms with E-state index in [1.54, 1.807) is 0 Å². The highest BCUT2D eigenvalue weighted by molar-refractivity contribution is 5.80. The standard InChI is InChI=1S/C23H29NO6/c1-23(2,30-16-19-11-7-4-8-12-19)13-14-28-17-20(21(25)26)24-22(27)29-15-18-9-5-3-6-10-18/h3-12,20H,13-17H2,1-2H3,(H,24,27)(H,25,26). The number of alkyl carbamates (subject to hydrolysis) is 1. The Bertz CT molecular complexity index is 779. The van der Waals surface area contributed by atoms with Crippen LogP contribution in [0, 0.1) is 0 Å². The van der Waals surface area contributed by atoms with Gasteiger partial charge in [-0.05, 0) is 31.4 Å². The van der Waals surface area contributed by atoms with Crippen molar-refractivity contribution in [2.75, 3.05) is 13.2 Å². The molecule has 1 amide bonds. The van der Waals surface area contributed by atoms with E-state index < -0.39 is 23.7 Å². The van der Waals surface area contributed by atoms with Gasteiger partial charge in [-0.2, -0.15) is 0 Å². The van der Waals surface area contributed by atoms with Gasteiger partial charge in [0.05, 0.1) is 18.8 Å². The molecule has 0 radical (unpaired) electrons. The summed E-state index contributed by atoms with van der Waals surface area (Å²) in [6.07, 6.45) is -0.230. The first-order valence-electron chi connectivity index (χ1n) is 9.81. The van der Waals surface area contributed by atoms with E-state index in [0.29, 0.717) is 19.6 Å². The number of amides is 1. The summed E-state index contributed by atoms with van der Waals surface area (Å²) in [4.78, 5) is 23.3. The van der Waals surface area contributed by atoms with Gasteiger partial charge in [0, 0.05) is 6.61 Å². The molecular weight excluding hydrogens is 386 g/mol. The number of carboxylic acid groups (broad SMARTS) is 1. The average molecular weight is 415 g/mol. The predicted octanol–water partition coefficient (Wildman–Crippen LogP) is 3.77. The van der Waals surface area contributed by atoms with Crippen LogP contribution in [0.1, 0.15) is 31.4 Å². The Morgan fingerprint density at radius 1 is 0.967 bits per heavy atom. The van der Waals surface area contributed by atoms with Crippen molar-refractivity contribution in [3.63, 3.8) is 0 Å². The number of rotatable bonds is 12. The van der Waals surface area contributed by atoms with E-state index >= 15 is 0 Å². The van der Waals surface area contributed by atoms with E-state index in [1.807, 2.05) is 74.5 Å². The summed E-state index contributed by atoms with van der Waals surface area (Å²) >= 11 is 0. The Kier molecular flexibility index (Phi) is 9.31. The molecule has 2 N–H and O–H groups in total. The third-order valence-corrected chi connectivity index (χ3v) is 4.41. The third-order valence-electron chi connectivity index (χ3n) is 4.41. The minimum absolute atomic E-state index is 0.0623. The topological polar surface area (TPSA) is 94.1 Å². The first-order chi connectivity index (χ1) is 14.4. The monoisotopic (exact) mass is 415 g/mol. The van der Waals surface area contributed by atoms with Gasteiger partial charge in [0.2, 0.25) is 0 Å². The highest BCUT2D eigenvalue weighted by Gasteiger charge is 2.23. The fourth-order valence-electron chi connectivity index (χ4n) is 2.53. The molecule has 0 aliphatic rings. The lowest BCUT2D eigenvalue weighted by atomic mass is 10.1. The molecule has 30 heavy (non-hydrogen) atoms. The van der Waals surface area contributed by atoms with Gasteiger partial charge in [-0.1, -0.05) is 60.7 Å². The molecule has 2 aromatic carbocycles. The van der Waals surface area contributed by atoms with E-state index in [4.69, 9.17) is 14.2 Å².